The predicted octanol–water partition coefficient (Wildman–Crippen LogP) is 4.51. The van der Waals surface area contributed by atoms with Gasteiger partial charge in [-0.1, -0.05) is 27.2 Å². The van der Waals surface area contributed by atoms with E-state index in [1.165, 1.54) is 32.2 Å². The Bertz CT molecular complexity index is 598. The summed E-state index contributed by atoms with van der Waals surface area (Å²) < 4.78 is 5.47. The Kier molecular flexibility index (Phi) is 7.95. The Labute approximate surface area is 159 Å². The molecule has 0 saturated carbocycles. The summed E-state index contributed by atoms with van der Waals surface area (Å²) in [4.78, 5) is 15.2. The van der Waals surface area contributed by atoms with E-state index >= 15 is 0 Å². The number of rotatable bonds is 8. The highest BCUT2D eigenvalue weighted by atomic mass is 16.5. The third-order valence-corrected chi connectivity index (χ3v) is 5.57. The standard InChI is InChI=1S/C22H36N2O2/c1-6-18-10-7-8-12-24(18)13-9-11-23-22(25)20-15-19(16(2)3)21(26-5)14-17(20)4/h14-16,18H,6-13H2,1-5H3,(H,23,25)/t18-/m0/s1. The zero-order valence-corrected chi connectivity index (χ0v) is 17.2. The highest BCUT2D eigenvalue weighted by Crippen LogP contribution is 2.29. The van der Waals surface area contributed by atoms with Crippen LogP contribution in [0.5, 0.6) is 5.75 Å². The van der Waals surface area contributed by atoms with E-state index in [4.69, 9.17) is 4.74 Å². The van der Waals surface area contributed by atoms with E-state index in [0.717, 1.165) is 48.0 Å². The number of carbonyl (C=O) groups is 1. The molecule has 0 aromatic heterocycles. The molecule has 146 valence electrons. The normalized spacial score (nSPS) is 18.2. The molecule has 0 aliphatic carbocycles. The fourth-order valence-electron chi connectivity index (χ4n) is 3.97. The maximum atomic E-state index is 12.6. The first kappa shape index (κ1) is 20.8. The Morgan fingerprint density at radius 1 is 1.35 bits per heavy atom. The Morgan fingerprint density at radius 2 is 2.12 bits per heavy atom. The summed E-state index contributed by atoms with van der Waals surface area (Å²) in [7, 11) is 1.69. The number of ether oxygens (including phenoxy) is 1. The molecule has 1 N–H and O–H groups in total. The monoisotopic (exact) mass is 360 g/mol. The highest BCUT2D eigenvalue weighted by molar-refractivity contribution is 5.96. The van der Waals surface area contributed by atoms with Crippen molar-refractivity contribution in [1.82, 2.24) is 10.2 Å². The van der Waals surface area contributed by atoms with Crippen LogP contribution in [0, 0.1) is 6.92 Å². The quantitative estimate of drug-likeness (QED) is 0.694. The summed E-state index contributed by atoms with van der Waals surface area (Å²) in [6.45, 7) is 11.5. The van der Waals surface area contributed by atoms with E-state index in [0.29, 0.717) is 5.92 Å². The van der Waals surface area contributed by atoms with E-state index in [1.54, 1.807) is 7.11 Å². The number of nitrogens with zero attached hydrogens (tertiary/aromatic N) is 1. The van der Waals surface area contributed by atoms with Gasteiger partial charge >= 0.3 is 0 Å². The van der Waals surface area contributed by atoms with Crippen LogP contribution in [0.3, 0.4) is 0 Å². The van der Waals surface area contributed by atoms with Gasteiger partial charge in [-0.3, -0.25) is 4.79 Å². The molecule has 26 heavy (non-hydrogen) atoms. The third kappa shape index (κ3) is 5.23. The lowest BCUT2D eigenvalue weighted by Crippen LogP contribution is -2.40. The van der Waals surface area contributed by atoms with E-state index in [9.17, 15) is 4.79 Å². The molecule has 1 aliphatic rings. The maximum absolute atomic E-state index is 12.6. The van der Waals surface area contributed by atoms with E-state index in [2.05, 4.69) is 31.0 Å². The molecular formula is C22H36N2O2. The van der Waals surface area contributed by atoms with E-state index < -0.39 is 0 Å². The fourth-order valence-corrected chi connectivity index (χ4v) is 3.97. The molecule has 1 amide bonds. The number of hydrogen-bond donors (Lipinski definition) is 1. The zero-order chi connectivity index (χ0) is 19.1. The minimum absolute atomic E-state index is 0.0257. The van der Waals surface area contributed by atoms with Gasteiger partial charge in [-0.25, -0.2) is 0 Å². The fraction of sp³-hybridized carbons (Fsp3) is 0.682. The number of nitrogens with one attached hydrogen (secondary N) is 1. The van der Waals surface area contributed by atoms with E-state index in [-0.39, 0.29) is 5.91 Å². The van der Waals surface area contributed by atoms with Crippen molar-refractivity contribution in [1.29, 1.82) is 0 Å². The van der Waals surface area contributed by atoms with Crippen molar-refractivity contribution < 1.29 is 9.53 Å². The van der Waals surface area contributed by atoms with Crippen LogP contribution in [0.4, 0.5) is 0 Å². The largest absolute Gasteiger partial charge is 0.496 e. The lowest BCUT2D eigenvalue weighted by molar-refractivity contribution is 0.0946. The van der Waals surface area contributed by atoms with Gasteiger partial charge < -0.3 is 15.0 Å². The van der Waals surface area contributed by atoms with Gasteiger partial charge in [-0.2, -0.15) is 0 Å². The second-order valence-corrected chi connectivity index (χ2v) is 7.77. The molecule has 1 aromatic carbocycles. The minimum Gasteiger partial charge on any atom is -0.496 e. The first-order valence-corrected chi connectivity index (χ1v) is 10.2. The molecule has 0 bridgehead atoms. The predicted molar refractivity (Wildman–Crippen MR) is 108 cm³/mol. The van der Waals surface area contributed by atoms with Gasteiger partial charge in [0.1, 0.15) is 5.75 Å². The van der Waals surface area contributed by atoms with Gasteiger partial charge in [0.25, 0.3) is 5.91 Å². The summed E-state index contributed by atoms with van der Waals surface area (Å²) in [5.41, 5.74) is 2.81. The van der Waals surface area contributed by atoms with Gasteiger partial charge in [0, 0.05) is 24.7 Å². The molecule has 1 saturated heterocycles. The molecule has 4 heteroatoms. The lowest BCUT2D eigenvalue weighted by atomic mass is 9.96. The van der Waals surface area contributed by atoms with Crippen LogP contribution in [0.2, 0.25) is 0 Å². The highest BCUT2D eigenvalue weighted by Gasteiger charge is 2.20. The lowest BCUT2D eigenvalue weighted by Gasteiger charge is -2.35. The van der Waals surface area contributed by atoms with Crippen LogP contribution in [0.15, 0.2) is 12.1 Å². The van der Waals surface area contributed by atoms with Crippen molar-refractivity contribution in [2.24, 2.45) is 0 Å². The zero-order valence-electron chi connectivity index (χ0n) is 17.2. The summed E-state index contributed by atoms with van der Waals surface area (Å²) in [6.07, 6.45) is 6.24. The molecule has 1 atom stereocenters. The number of carbonyl (C=O) groups excluding carboxylic acids is 1. The molecule has 0 unspecified atom stereocenters. The van der Waals surface area contributed by atoms with Crippen molar-refractivity contribution >= 4 is 5.91 Å². The second-order valence-electron chi connectivity index (χ2n) is 7.77. The molecular weight excluding hydrogens is 324 g/mol. The number of hydrogen-bond acceptors (Lipinski definition) is 3. The topological polar surface area (TPSA) is 41.6 Å². The molecule has 2 rings (SSSR count). The van der Waals surface area contributed by atoms with Crippen molar-refractivity contribution in [3.8, 4) is 5.75 Å². The minimum atomic E-state index is 0.0257. The van der Waals surface area contributed by atoms with Crippen LogP contribution in [-0.2, 0) is 0 Å². The van der Waals surface area contributed by atoms with Crippen LogP contribution >= 0.6 is 0 Å². The van der Waals surface area contributed by atoms with Crippen LogP contribution in [0.1, 0.15) is 80.3 Å². The molecule has 4 nitrogen and oxygen atoms in total. The average Bonchev–Trinajstić information content (AvgIpc) is 2.64. The Balaban J connectivity index is 1.90. The number of benzene rings is 1. The molecule has 0 radical (unpaired) electrons. The first-order chi connectivity index (χ1) is 12.5. The van der Waals surface area contributed by atoms with E-state index in [1.807, 2.05) is 19.1 Å². The molecule has 1 fully saturated rings. The van der Waals surface area contributed by atoms with Gasteiger partial charge in [0.05, 0.1) is 7.11 Å². The third-order valence-electron chi connectivity index (χ3n) is 5.57. The summed E-state index contributed by atoms with van der Waals surface area (Å²) >= 11 is 0. The van der Waals surface area contributed by atoms with Gasteiger partial charge in [0.15, 0.2) is 0 Å². The number of amides is 1. The Morgan fingerprint density at radius 3 is 2.77 bits per heavy atom. The summed E-state index contributed by atoms with van der Waals surface area (Å²) in [5, 5.41) is 3.11. The number of piperidine rings is 1. The van der Waals surface area contributed by atoms with Crippen molar-refractivity contribution in [2.75, 3.05) is 26.7 Å². The average molecular weight is 361 g/mol. The second kappa shape index (κ2) is 9.96. The number of methoxy groups -OCH3 is 1. The maximum Gasteiger partial charge on any atom is 0.251 e. The van der Waals surface area contributed by atoms with Crippen LogP contribution in [-0.4, -0.2) is 43.6 Å². The smallest absolute Gasteiger partial charge is 0.251 e. The first-order valence-electron chi connectivity index (χ1n) is 10.2. The molecule has 1 aromatic rings. The number of likely N-dealkylation sites (tertiary alicyclic amines) is 1. The molecule has 1 heterocycles. The SMILES string of the molecule is CC[C@H]1CCCCN1CCCNC(=O)c1cc(C(C)C)c(OC)cc1C. The molecule has 1 aliphatic heterocycles. The van der Waals surface area contributed by atoms with Crippen molar-refractivity contribution in [3.63, 3.8) is 0 Å². The van der Waals surface area contributed by atoms with Crippen LogP contribution < -0.4 is 10.1 Å². The summed E-state index contributed by atoms with van der Waals surface area (Å²) in [6, 6.07) is 4.70. The number of aryl methyl sites for hydroxylation is 1. The molecule has 0 spiro atoms. The Hall–Kier alpha value is -1.55. The van der Waals surface area contributed by atoms with Crippen molar-refractivity contribution in [3.05, 3.63) is 28.8 Å². The van der Waals surface area contributed by atoms with Crippen molar-refractivity contribution in [2.45, 2.75) is 71.8 Å². The van der Waals surface area contributed by atoms with Gasteiger partial charge in [-0.05, 0) is 68.3 Å². The van der Waals surface area contributed by atoms with Crippen LogP contribution in [0.25, 0.3) is 0 Å². The summed E-state index contributed by atoms with van der Waals surface area (Å²) in [5.74, 6) is 1.21. The van der Waals surface area contributed by atoms with Gasteiger partial charge in [0.2, 0.25) is 0 Å². The van der Waals surface area contributed by atoms with Gasteiger partial charge in [-0.15, -0.1) is 0 Å².